The quantitative estimate of drug-likeness (QED) is 0.583. The molecule has 2 nitrogen and oxygen atoms in total. The Kier molecular flexibility index (Phi) is 6.53. The smallest absolute Gasteiger partial charge is 0.161 e. The van der Waals surface area contributed by atoms with Gasteiger partial charge in [-0.05, 0) is 43.2 Å². The fourth-order valence-corrected chi connectivity index (χ4v) is 3.44. The standard InChI is InChI=1S/C15H20Cl2N2S/c1-20-15(18-10-11-5-3-2-4-6-11)19-14-8-12(16)7-13(17)9-14/h7-9,11H,2-6,10H2,1H3,(H,18,19). The molecule has 0 radical (unpaired) electrons. The highest BCUT2D eigenvalue weighted by Gasteiger charge is 2.13. The van der Waals surface area contributed by atoms with E-state index in [4.69, 9.17) is 23.2 Å². The van der Waals surface area contributed by atoms with Crippen LogP contribution in [0.25, 0.3) is 0 Å². The lowest BCUT2D eigenvalue weighted by Crippen LogP contribution is -2.28. The van der Waals surface area contributed by atoms with Gasteiger partial charge in [0, 0.05) is 16.6 Å². The number of hydrogen-bond acceptors (Lipinski definition) is 2. The van der Waals surface area contributed by atoms with Gasteiger partial charge in [0.1, 0.15) is 0 Å². The van der Waals surface area contributed by atoms with E-state index in [0.29, 0.717) is 10.0 Å². The van der Waals surface area contributed by atoms with Crippen molar-refractivity contribution in [3.8, 4) is 0 Å². The zero-order valence-corrected chi connectivity index (χ0v) is 14.0. The van der Waals surface area contributed by atoms with Crippen molar-refractivity contribution in [2.45, 2.75) is 32.1 Å². The van der Waals surface area contributed by atoms with Crippen LogP contribution in [0.2, 0.25) is 10.0 Å². The average Bonchev–Trinajstić information content (AvgIpc) is 2.43. The maximum atomic E-state index is 5.99. The van der Waals surface area contributed by atoms with Crippen molar-refractivity contribution in [3.63, 3.8) is 0 Å². The van der Waals surface area contributed by atoms with Crippen molar-refractivity contribution in [1.82, 2.24) is 5.32 Å². The average molecular weight is 331 g/mol. The van der Waals surface area contributed by atoms with Crippen molar-refractivity contribution in [1.29, 1.82) is 0 Å². The first-order valence-corrected chi connectivity index (χ1v) is 8.98. The van der Waals surface area contributed by atoms with Crippen LogP contribution in [0.1, 0.15) is 32.1 Å². The molecule has 1 aromatic rings. The van der Waals surface area contributed by atoms with Crippen molar-refractivity contribution in [3.05, 3.63) is 28.2 Å². The number of nitrogens with zero attached hydrogens (tertiary/aromatic N) is 1. The Balaban J connectivity index is 1.97. The third-order valence-electron chi connectivity index (χ3n) is 3.54. The highest BCUT2D eigenvalue weighted by Crippen LogP contribution is 2.26. The SMILES string of the molecule is CS/C(=N\c1cc(Cl)cc(Cl)c1)NCC1CCCCC1. The summed E-state index contributed by atoms with van der Waals surface area (Å²) in [7, 11) is 0. The van der Waals surface area contributed by atoms with Crippen LogP contribution in [0.3, 0.4) is 0 Å². The molecular formula is C15H20Cl2N2S. The van der Waals surface area contributed by atoms with Crippen LogP contribution < -0.4 is 5.32 Å². The van der Waals surface area contributed by atoms with E-state index >= 15 is 0 Å². The van der Waals surface area contributed by atoms with E-state index in [2.05, 4.69) is 10.3 Å². The zero-order valence-electron chi connectivity index (χ0n) is 11.7. The molecule has 1 aromatic carbocycles. The maximum Gasteiger partial charge on any atom is 0.161 e. The first kappa shape index (κ1) is 16.0. The predicted octanol–water partition coefficient (Wildman–Crippen LogP) is 5.51. The van der Waals surface area contributed by atoms with Gasteiger partial charge in [-0.25, -0.2) is 4.99 Å². The number of benzene rings is 1. The largest absolute Gasteiger partial charge is 0.364 e. The molecule has 0 spiro atoms. The van der Waals surface area contributed by atoms with Gasteiger partial charge in [0.05, 0.1) is 5.69 Å². The summed E-state index contributed by atoms with van der Waals surface area (Å²) in [5, 5.41) is 5.61. The number of nitrogens with one attached hydrogen (secondary N) is 1. The minimum absolute atomic E-state index is 0.615. The van der Waals surface area contributed by atoms with Gasteiger partial charge < -0.3 is 5.32 Å². The first-order chi connectivity index (χ1) is 9.67. The summed E-state index contributed by atoms with van der Waals surface area (Å²) in [6.45, 7) is 1.01. The van der Waals surface area contributed by atoms with Gasteiger partial charge in [0.25, 0.3) is 0 Å². The van der Waals surface area contributed by atoms with E-state index in [1.54, 1.807) is 17.8 Å². The normalized spacial score (nSPS) is 17.2. The van der Waals surface area contributed by atoms with Crippen molar-refractivity contribution < 1.29 is 0 Å². The molecule has 1 saturated carbocycles. The van der Waals surface area contributed by atoms with E-state index < -0.39 is 0 Å². The molecule has 2 rings (SSSR count). The molecule has 0 aliphatic heterocycles. The van der Waals surface area contributed by atoms with E-state index in [1.807, 2.05) is 18.4 Å². The number of halogens is 2. The third kappa shape index (κ3) is 5.19. The summed E-state index contributed by atoms with van der Waals surface area (Å²) in [5.41, 5.74) is 0.794. The first-order valence-electron chi connectivity index (χ1n) is 7.00. The van der Waals surface area contributed by atoms with Gasteiger partial charge in [-0.15, -0.1) is 0 Å². The van der Waals surface area contributed by atoms with E-state index in [0.717, 1.165) is 23.3 Å². The molecule has 5 heteroatoms. The Morgan fingerprint density at radius 1 is 1.20 bits per heavy atom. The molecule has 0 bridgehead atoms. The van der Waals surface area contributed by atoms with Crippen LogP contribution in [0.4, 0.5) is 5.69 Å². The summed E-state index contributed by atoms with van der Waals surface area (Å²) in [6, 6.07) is 5.37. The molecule has 0 aromatic heterocycles. The fourth-order valence-electron chi connectivity index (χ4n) is 2.50. The molecule has 1 aliphatic carbocycles. The van der Waals surface area contributed by atoms with E-state index in [9.17, 15) is 0 Å². The molecule has 1 aliphatic rings. The Bertz CT molecular complexity index is 451. The maximum absolute atomic E-state index is 5.99. The summed E-state index contributed by atoms with van der Waals surface area (Å²) < 4.78 is 0. The lowest BCUT2D eigenvalue weighted by molar-refractivity contribution is 0.357. The van der Waals surface area contributed by atoms with Crippen molar-refractivity contribution >= 4 is 45.8 Å². The lowest BCUT2D eigenvalue weighted by atomic mass is 9.89. The Hall–Kier alpha value is -0.380. The summed E-state index contributed by atoms with van der Waals surface area (Å²) in [6.07, 6.45) is 8.80. The van der Waals surface area contributed by atoms with Crippen LogP contribution in [-0.4, -0.2) is 18.0 Å². The van der Waals surface area contributed by atoms with Gasteiger partial charge in [-0.1, -0.05) is 54.2 Å². The molecule has 0 saturated heterocycles. The second kappa shape index (κ2) is 8.16. The second-order valence-electron chi connectivity index (χ2n) is 5.13. The Morgan fingerprint density at radius 3 is 2.45 bits per heavy atom. The minimum Gasteiger partial charge on any atom is -0.364 e. The van der Waals surface area contributed by atoms with Crippen LogP contribution in [0.15, 0.2) is 23.2 Å². The van der Waals surface area contributed by atoms with Gasteiger partial charge in [0.2, 0.25) is 0 Å². The van der Waals surface area contributed by atoms with Gasteiger partial charge >= 0.3 is 0 Å². The molecule has 1 N–H and O–H groups in total. The number of amidine groups is 1. The number of thioether (sulfide) groups is 1. The minimum atomic E-state index is 0.615. The van der Waals surface area contributed by atoms with Gasteiger partial charge in [-0.2, -0.15) is 0 Å². The van der Waals surface area contributed by atoms with Crippen molar-refractivity contribution in [2.24, 2.45) is 10.9 Å². The van der Waals surface area contributed by atoms with E-state index in [1.165, 1.54) is 32.1 Å². The predicted molar refractivity (Wildman–Crippen MR) is 91.6 cm³/mol. The number of aliphatic imine (C=N–C) groups is 1. The van der Waals surface area contributed by atoms with Gasteiger partial charge in [0.15, 0.2) is 5.17 Å². The number of rotatable bonds is 3. The summed E-state index contributed by atoms with van der Waals surface area (Å²) >= 11 is 13.6. The molecular weight excluding hydrogens is 311 g/mol. The molecule has 110 valence electrons. The molecule has 0 atom stereocenters. The van der Waals surface area contributed by atoms with Gasteiger partial charge in [-0.3, -0.25) is 0 Å². The lowest BCUT2D eigenvalue weighted by Gasteiger charge is -2.22. The molecule has 0 unspecified atom stereocenters. The van der Waals surface area contributed by atoms with Crippen molar-refractivity contribution in [2.75, 3.05) is 12.8 Å². The third-order valence-corrected chi connectivity index (χ3v) is 4.60. The zero-order chi connectivity index (χ0) is 14.4. The molecule has 0 heterocycles. The molecule has 20 heavy (non-hydrogen) atoms. The van der Waals surface area contributed by atoms with E-state index in [-0.39, 0.29) is 0 Å². The van der Waals surface area contributed by atoms with Crippen LogP contribution in [-0.2, 0) is 0 Å². The highest BCUT2D eigenvalue weighted by atomic mass is 35.5. The number of hydrogen-bond donors (Lipinski definition) is 1. The Labute approximate surface area is 135 Å². The Morgan fingerprint density at radius 2 is 1.85 bits per heavy atom. The molecule has 0 amide bonds. The topological polar surface area (TPSA) is 24.4 Å². The summed E-state index contributed by atoms with van der Waals surface area (Å²) in [4.78, 5) is 4.58. The summed E-state index contributed by atoms with van der Waals surface area (Å²) in [5.74, 6) is 0.782. The monoisotopic (exact) mass is 330 g/mol. The van der Waals surface area contributed by atoms with Crippen LogP contribution in [0, 0.1) is 5.92 Å². The second-order valence-corrected chi connectivity index (χ2v) is 6.80. The van der Waals surface area contributed by atoms with Crippen LogP contribution >= 0.6 is 35.0 Å². The van der Waals surface area contributed by atoms with Crippen LogP contribution in [0.5, 0.6) is 0 Å². The molecule has 1 fully saturated rings. The highest BCUT2D eigenvalue weighted by molar-refractivity contribution is 8.13. The fraction of sp³-hybridized carbons (Fsp3) is 0.533.